The smallest absolute Gasteiger partial charge is 0.265 e. The molecule has 25 heavy (non-hydrogen) atoms. The van der Waals surface area contributed by atoms with Gasteiger partial charge in [0.1, 0.15) is 0 Å². The lowest BCUT2D eigenvalue weighted by atomic mass is 10.1. The Kier molecular flexibility index (Phi) is 7.04. The molecule has 0 radical (unpaired) electrons. The van der Waals surface area contributed by atoms with E-state index in [1.807, 2.05) is 0 Å². The van der Waals surface area contributed by atoms with Gasteiger partial charge in [0.05, 0.1) is 11.3 Å². The summed E-state index contributed by atoms with van der Waals surface area (Å²) in [4.78, 5) is 26.5. The minimum absolute atomic E-state index is 0. The molecule has 2 aliphatic rings. The van der Waals surface area contributed by atoms with E-state index in [4.69, 9.17) is 4.74 Å². The van der Waals surface area contributed by atoms with Crippen LogP contribution in [0.2, 0.25) is 0 Å². The fourth-order valence-corrected chi connectivity index (χ4v) is 2.94. The number of amides is 2. The summed E-state index contributed by atoms with van der Waals surface area (Å²) in [5.74, 6) is 0.0794. The molecule has 1 unspecified atom stereocenters. The van der Waals surface area contributed by atoms with Crippen LogP contribution in [-0.4, -0.2) is 62.1 Å². The zero-order chi connectivity index (χ0) is 16.9. The summed E-state index contributed by atoms with van der Waals surface area (Å²) < 4.78 is 5.61. The first-order valence-electron chi connectivity index (χ1n) is 8.47. The Hall–Kier alpha value is -1.83. The average molecular weight is 369 g/mol. The predicted octanol–water partition coefficient (Wildman–Crippen LogP) is 0.853. The Labute approximate surface area is 153 Å². The zero-order valence-corrected chi connectivity index (χ0v) is 15.2. The van der Waals surface area contributed by atoms with Gasteiger partial charge in [0.2, 0.25) is 0 Å². The molecule has 8 heteroatoms. The molecule has 3 rings (SSSR count). The van der Waals surface area contributed by atoms with Crippen molar-refractivity contribution in [3.05, 3.63) is 23.8 Å². The highest BCUT2D eigenvalue weighted by atomic mass is 35.5. The minimum Gasteiger partial charge on any atom is -0.478 e. The normalized spacial score (nSPS) is 19.9. The highest BCUT2D eigenvalue weighted by Gasteiger charge is 2.27. The van der Waals surface area contributed by atoms with Crippen molar-refractivity contribution in [3.63, 3.8) is 0 Å². The first kappa shape index (κ1) is 19.5. The van der Waals surface area contributed by atoms with E-state index in [-0.39, 0.29) is 24.2 Å². The number of benzene rings is 1. The zero-order valence-electron chi connectivity index (χ0n) is 14.3. The van der Waals surface area contributed by atoms with E-state index in [0.29, 0.717) is 23.5 Å². The van der Waals surface area contributed by atoms with Crippen molar-refractivity contribution >= 4 is 29.9 Å². The van der Waals surface area contributed by atoms with Gasteiger partial charge in [-0.3, -0.25) is 9.59 Å². The molecular weight excluding hydrogens is 344 g/mol. The maximum atomic E-state index is 12.4. The Morgan fingerprint density at radius 1 is 1.36 bits per heavy atom. The Morgan fingerprint density at radius 3 is 2.88 bits per heavy atom. The third kappa shape index (κ3) is 4.84. The number of carbonyl (C=O) groups excluding carboxylic acids is 2. The molecule has 1 aromatic carbocycles. The molecule has 2 amide bonds. The quantitative estimate of drug-likeness (QED) is 0.671. The highest BCUT2D eigenvalue weighted by molar-refractivity contribution is 6.03. The van der Waals surface area contributed by atoms with E-state index in [0.717, 1.165) is 39.1 Å². The van der Waals surface area contributed by atoms with Crippen molar-refractivity contribution in [2.24, 2.45) is 0 Å². The molecule has 2 aliphatic heterocycles. The first-order valence-corrected chi connectivity index (χ1v) is 8.47. The number of anilines is 1. The number of piperazine rings is 1. The van der Waals surface area contributed by atoms with Crippen molar-refractivity contribution in [1.82, 2.24) is 15.5 Å². The van der Waals surface area contributed by atoms with E-state index in [9.17, 15) is 9.59 Å². The van der Waals surface area contributed by atoms with Crippen molar-refractivity contribution in [1.29, 1.82) is 0 Å². The first-order chi connectivity index (χ1) is 11.6. The third-order valence-corrected chi connectivity index (χ3v) is 4.33. The van der Waals surface area contributed by atoms with E-state index in [2.05, 4.69) is 20.9 Å². The molecule has 0 saturated carbocycles. The summed E-state index contributed by atoms with van der Waals surface area (Å²) in [5, 5.41) is 9.02. The number of carbonyl (C=O) groups is 2. The van der Waals surface area contributed by atoms with Crippen LogP contribution in [0.3, 0.4) is 0 Å². The SMILES string of the molecule is CC1Oc2c(cccc2C(=O)NCCCN2CCNCC2)NC1=O.Cl. The number of ether oxygens (including phenoxy) is 1. The molecule has 2 heterocycles. The maximum Gasteiger partial charge on any atom is 0.265 e. The number of halogens is 1. The van der Waals surface area contributed by atoms with Gasteiger partial charge in [-0.05, 0) is 32.0 Å². The van der Waals surface area contributed by atoms with Crippen molar-refractivity contribution < 1.29 is 14.3 Å². The molecule has 138 valence electrons. The molecular formula is C17H25ClN4O3. The second kappa shape index (κ2) is 9.03. The summed E-state index contributed by atoms with van der Waals surface area (Å²) >= 11 is 0. The molecule has 0 aromatic heterocycles. The highest BCUT2D eigenvalue weighted by Crippen LogP contribution is 2.33. The van der Waals surface area contributed by atoms with E-state index in [1.165, 1.54) is 0 Å². The number of hydrogen-bond donors (Lipinski definition) is 3. The van der Waals surface area contributed by atoms with E-state index < -0.39 is 6.10 Å². The van der Waals surface area contributed by atoms with Crippen LogP contribution in [0.5, 0.6) is 5.75 Å². The van der Waals surface area contributed by atoms with Crippen molar-refractivity contribution in [2.75, 3.05) is 44.6 Å². The van der Waals surface area contributed by atoms with Crippen LogP contribution in [-0.2, 0) is 4.79 Å². The maximum absolute atomic E-state index is 12.4. The number of fused-ring (bicyclic) bond motifs is 1. The topological polar surface area (TPSA) is 82.7 Å². The van der Waals surface area contributed by atoms with Crippen LogP contribution in [0.15, 0.2) is 18.2 Å². The standard InChI is InChI=1S/C17H24N4O3.ClH/c1-12-16(22)20-14-5-2-4-13(15(14)24-12)17(23)19-6-3-9-21-10-7-18-8-11-21;/h2,4-5,12,18H,3,6-11H2,1H3,(H,19,23)(H,20,22);1H. The van der Waals surface area contributed by atoms with Gasteiger partial charge in [-0.1, -0.05) is 6.07 Å². The van der Waals surface area contributed by atoms with Gasteiger partial charge in [0.25, 0.3) is 11.8 Å². The van der Waals surface area contributed by atoms with Gasteiger partial charge in [-0.2, -0.15) is 0 Å². The Bertz CT molecular complexity index is 620. The number of para-hydroxylation sites is 1. The fraction of sp³-hybridized carbons (Fsp3) is 0.529. The van der Waals surface area contributed by atoms with Crippen LogP contribution in [0, 0.1) is 0 Å². The summed E-state index contributed by atoms with van der Waals surface area (Å²) in [7, 11) is 0. The third-order valence-electron chi connectivity index (χ3n) is 4.33. The van der Waals surface area contributed by atoms with Crippen LogP contribution >= 0.6 is 12.4 Å². The van der Waals surface area contributed by atoms with Crippen LogP contribution < -0.4 is 20.7 Å². The summed E-state index contributed by atoms with van der Waals surface area (Å²) in [6, 6.07) is 5.20. The van der Waals surface area contributed by atoms with Crippen LogP contribution in [0.25, 0.3) is 0 Å². The molecule has 1 atom stereocenters. The van der Waals surface area contributed by atoms with Crippen LogP contribution in [0.1, 0.15) is 23.7 Å². The van der Waals surface area contributed by atoms with Gasteiger partial charge >= 0.3 is 0 Å². The minimum atomic E-state index is -0.598. The summed E-state index contributed by atoms with van der Waals surface area (Å²) in [6.45, 7) is 7.46. The van der Waals surface area contributed by atoms with E-state index >= 15 is 0 Å². The van der Waals surface area contributed by atoms with E-state index in [1.54, 1.807) is 25.1 Å². The molecule has 7 nitrogen and oxygen atoms in total. The van der Waals surface area contributed by atoms with Gasteiger partial charge < -0.3 is 25.6 Å². The molecule has 0 spiro atoms. The lowest BCUT2D eigenvalue weighted by Crippen LogP contribution is -2.44. The monoisotopic (exact) mass is 368 g/mol. The second-order valence-electron chi connectivity index (χ2n) is 6.13. The molecule has 1 aromatic rings. The van der Waals surface area contributed by atoms with Gasteiger partial charge in [0, 0.05) is 32.7 Å². The lowest BCUT2D eigenvalue weighted by molar-refractivity contribution is -0.122. The Balaban J connectivity index is 0.00000225. The number of nitrogens with zero attached hydrogens (tertiary/aromatic N) is 1. The van der Waals surface area contributed by atoms with Crippen molar-refractivity contribution in [3.8, 4) is 5.75 Å². The molecule has 0 bridgehead atoms. The average Bonchev–Trinajstić information content (AvgIpc) is 2.60. The lowest BCUT2D eigenvalue weighted by Gasteiger charge is -2.27. The summed E-state index contributed by atoms with van der Waals surface area (Å²) in [6.07, 6.45) is 0.313. The second-order valence-corrected chi connectivity index (χ2v) is 6.13. The molecule has 0 aliphatic carbocycles. The van der Waals surface area contributed by atoms with Crippen molar-refractivity contribution in [2.45, 2.75) is 19.4 Å². The summed E-state index contributed by atoms with van der Waals surface area (Å²) in [5.41, 5.74) is 1.01. The molecule has 1 saturated heterocycles. The number of rotatable bonds is 5. The van der Waals surface area contributed by atoms with Gasteiger partial charge in [0.15, 0.2) is 11.9 Å². The Morgan fingerprint density at radius 2 is 2.12 bits per heavy atom. The predicted molar refractivity (Wildman–Crippen MR) is 98.7 cm³/mol. The number of nitrogens with one attached hydrogen (secondary N) is 3. The largest absolute Gasteiger partial charge is 0.478 e. The molecule has 3 N–H and O–H groups in total. The fourth-order valence-electron chi connectivity index (χ4n) is 2.94. The van der Waals surface area contributed by atoms with Gasteiger partial charge in [-0.15, -0.1) is 12.4 Å². The number of hydrogen-bond acceptors (Lipinski definition) is 5. The molecule has 1 fully saturated rings. The van der Waals surface area contributed by atoms with Gasteiger partial charge in [-0.25, -0.2) is 0 Å². The van der Waals surface area contributed by atoms with Crippen LogP contribution in [0.4, 0.5) is 5.69 Å².